The number of likely N-dealkylation sites (tertiary alicyclic amines) is 1. The minimum absolute atomic E-state index is 0.0241. The lowest BCUT2D eigenvalue weighted by molar-refractivity contribution is -0.176. The summed E-state index contributed by atoms with van der Waals surface area (Å²) in [6.45, 7) is 14.5. The van der Waals surface area contributed by atoms with Crippen LogP contribution >= 0.6 is 0 Å². The van der Waals surface area contributed by atoms with Crippen molar-refractivity contribution >= 4 is 6.09 Å². The number of carbonyl (C=O) groups is 1. The number of hydrogen-bond acceptors (Lipinski definition) is 5. The minimum Gasteiger partial charge on any atom is -0.444 e. The van der Waals surface area contributed by atoms with E-state index in [0.717, 1.165) is 12.1 Å². The monoisotopic (exact) mass is 350 g/mol. The molecule has 2 saturated heterocycles. The Morgan fingerprint density at radius 3 is 2.56 bits per heavy atom. The van der Waals surface area contributed by atoms with Crippen molar-refractivity contribution in [2.45, 2.75) is 64.3 Å². The fourth-order valence-corrected chi connectivity index (χ4v) is 3.33. The lowest BCUT2D eigenvalue weighted by Crippen LogP contribution is -2.71. The van der Waals surface area contributed by atoms with E-state index in [0.29, 0.717) is 19.7 Å². The SMILES string of the molecule is CC(C)(C)OC(=O)N1CC2(C1)OCCNC2c1cnn(C(C)(C)C)c1. The van der Waals surface area contributed by atoms with Gasteiger partial charge in [-0.15, -0.1) is 0 Å². The summed E-state index contributed by atoms with van der Waals surface area (Å²) < 4.78 is 13.6. The van der Waals surface area contributed by atoms with Crippen LogP contribution in [-0.4, -0.2) is 58.2 Å². The smallest absolute Gasteiger partial charge is 0.410 e. The average molecular weight is 350 g/mol. The average Bonchev–Trinajstić information content (AvgIpc) is 2.92. The van der Waals surface area contributed by atoms with Gasteiger partial charge < -0.3 is 19.7 Å². The van der Waals surface area contributed by atoms with Gasteiger partial charge in [0.1, 0.15) is 11.2 Å². The second kappa shape index (κ2) is 5.99. The van der Waals surface area contributed by atoms with E-state index in [4.69, 9.17) is 9.47 Å². The third-order valence-electron chi connectivity index (χ3n) is 4.56. The quantitative estimate of drug-likeness (QED) is 0.842. The molecule has 0 aliphatic carbocycles. The summed E-state index contributed by atoms with van der Waals surface area (Å²) in [7, 11) is 0. The van der Waals surface area contributed by atoms with Crippen molar-refractivity contribution in [3.05, 3.63) is 18.0 Å². The van der Waals surface area contributed by atoms with E-state index in [2.05, 4.69) is 37.4 Å². The molecule has 3 rings (SSSR count). The summed E-state index contributed by atoms with van der Waals surface area (Å²) in [6.07, 6.45) is 3.69. The molecule has 1 atom stereocenters. The van der Waals surface area contributed by atoms with Gasteiger partial charge in [-0.3, -0.25) is 4.68 Å². The molecule has 0 aromatic carbocycles. The van der Waals surface area contributed by atoms with Crippen molar-refractivity contribution < 1.29 is 14.3 Å². The Bertz CT molecular complexity index is 635. The number of hydrogen-bond donors (Lipinski definition) is 1. The Hall–Kier alpha value is -1.60. The van der Waals surface area contributed by atoms with Crippen molar-refractivity contribution in [3.8, 4) is 0 Å². The van der Waals surface area contributed by atoms with Crippen LogP contribution in [0.25, 0.3) is 0 Å². The number of morpholine rings is 1. The van der Waals surface area contributed by atoms with E-state index in [1.807, 2.05) is 31.6 Å². The topological polar surface area (TPSA) is 68.6 Å². The molecule has 0 bridgehead atoms. The summed E-state index contributed by atoms with van der Waals surface area (Å²) in [5.74, 6) is 0. The summed E-state index contributed by atoms with van der Waals surface area (Å²) in [5.41, 5.74) is 0.140. The molecular weight excluding hydrogens is 320 g/mol. The third-order valence-corrected chi connectivity index (χ3v) is 4.56. The Morgan fingerprint density at radius 2 is 2.00 bits per heavy atom. The van der Waals surface area contributed by atoms with Crippen LogP contribution in [0, 0.1) is 0 Å². The van der Waals surface area contributed by atoms with Crippen LogP contribution in [0.5, 0.6) is 0 Å². The Morgan fingerprint density at radius 1 is 1.32 bits per heavy atom. The highest BCUT2D eigenvalue weighted by Crippen LogP contribution is 2.40. The molecule has 7 nitrogen and oxygen atoms in total. The molecule has 1 unspecified atom stereocenters. The normalized spacial score (nSPS) is 23.4. The predicted molar refractivity (Wildman–Crippen MR) is 94.5 cm³/mol. The van der Waals surface area contributed by atoms with Crippen molar-refractivity contribution in [2.75, 3.05) is 26.2 Å². The zero-order valence-corrected chi connectivity index (χ0v) is 16.1. The third kappa shape index (κ3) is 3.67. The van der Waals surface area contributed by atoms with E-state index in [9.17, 15) is 4.79 Å². The van der Waals surface area contributed by atoms with Crippen LogP contribution in [0.3, 0.4) is 0 Å². The highest BCUT2D eigenvalue weighted by Gasteiger charge is 2.54. The molecule has 7 heteroatoms. The Labute approximate surface area is 149 Å². The number of nitrogens with zero attached hydrogens (tertiary/aromatic N) is 3. The van der Waals surface area contributed by atoms with Gasteiger partial charge in [0.15, 0.2) is 0 Å². The fourth-order valence-electron chi connectivity index (χ4n) is 3.33. The zero-order valence-electron chi connectivity index (χ0n) is 16.1. The summed E-state index contributed by atoms with van der Waals surface area (Å²) in [6, 6.07) is 0.0241. The van der Waals surface area contributed by atoms with E-state index >= 15 is 0 Å². The maximum atomic E-state index is 12.3. The lowest BCUT2D eigenvalue weighted by atomic mass is 9.82. The van der Waals surface area contributed by atoms with Crippen LogP contribution in [0.4, 0.5) is 4.79 Å². The second-order valence-electron chi connectivity index (χ2n) is 9.03. The van der Waals surface area contributed by atoms with Crippen LogP contribution in [0.1, 0.15) is 53.1 Å². The molecule has 2 aliphatic heterocycles. The van der Waals surface area contributed by atoms with Crippen molar-refractivity contribution in [1.29, 1.82) is 0 Å². The van der Waals surface area contributed by atoms with Crippen molar-refractivity contribution in [2.24, 2.45) is 0 Å². The maximum absolute atomic E-state index is 12.3. The molecule has 0 saturated carbocycles. The standard InChI is InChI=1S/C18H30N4O3/c1-16(2,3)22-10-13(9-20-22)14-18(24-8-7-19-14)11-21(12-18)15(23)25-17(4,5)6/h9-10,14,19H,7-8,11-12H2,1-6H3. The van der Waals surface area contributed by atoms with Crippen LogP contribution < -0.4 is 5.32 Å². The molecule has 3 heterocycles. The van der Waals surface area contributed by atoms with E-state index in [1.165, 1.54) is 0 Å². The molecule has 140 valence electrons. The van der Waals surface area contributed by atoms with Gasteiger partial charge in [-0.25, -0.2) is 4.79 Å². The number of aromatic nitrogens is 2. The molecule has 2 aliphatic rings. The van der Waals surface area contributed by atoms with E-state index < -0.39 is 11.2 Å². The first-order valence-electron chi connectivity index (χ1n) is 8.91. The summed E-state index contributed by atoms with van der Waals surface area (Å²) >= 11 is 0. The van der Waals surface area contributed by atoms with Gasteiger partial charge >= 0.3 is 6.09 Å². The molecule has 1 aromatic heterocycles. The van der Waals surface area contributed by atoms with Crippen molar-refractivity contribution in [3.63, 3.8) is 0 Å². The van der Waals surface area contributed by atoms with Gasteiger partial charge in [-0.2, -0.15) is 5.10 Å². The molecule has 1 spiro atoms. The van der Waals surface area contributed by atoms with Gasteiger partial charge in [0.2, 0.25) is 0 Å². The largest absolute Gasteiger partial charge is 0.444 e. The van der Waals surface area contributed by atoms with Gasteiger partial charge in [-0.1, -0.05) is 0 Å². The molecule has 0 radical (unpaired) electrons. The first-order chi connectivity index (χ1) is 11.5. The van der Waals surface area contributed by atoms with Gasteiger partial charge in [0, 0.05) is 18.3 Å². The Balaban J connectivity index is 1.73. The molecule has 1 aromatic rings. The highest BCUT2D eigenvalue weighted by atomic mass is 16.6. The highest BCUT2D eigenvalue weighted by molar-refractivity contribution is 5.70. The van der Waals surface area contributed by atoms with Crippen LogP contribution in [0.15, 0.2) is 12.4 Å². The molecule has 1 amide bonds. The first kappa shape index (κ1) is 18.2. The molecule has 2 fully saturated rings. The summed E-state index contributed by atoms with van der Waals surface area (Å²) in [4.78, 5) is 14.0. The zero-order chi connectivity index (χ0) is 18.5. The Kier molecular flexibility index (Phi) is 4.36. The number of nitrogens with one attached hydrogen (secondary N) is 1. The van der Waals surface area contributed by atoms with Crippen molar-refractivity contribution in [1.82, 2.24) is 20.0 Å². The number of ether oxygens (including phenoxy) is 2. The number of rotatable bonds is 1. The maximum Gasteiger partial charge on any atom is 0.410 e. The fraction of sp³-hybridized carbons (Fsp3) is 0.778. The molecule has 1 N–H and O–H groups in total. The number of amides is 1. The lowest BCUT2D eigenvalue weighted by Gasteiger charge is -2.55. The summed E-state index contributed by atoms with van der Waals surface area (Å²) in [5, 5.41) is 8.05. The van der Waals surface area contributed by atoms with Crippen LogP contribution in [0.2, 0.25) is 0 Å². The second-order valence-corrected chi connectivity index (χ2v) is 9.03. The first-order valence-corrected chi connectivity index (χ1v) is 8.91. The van der Waals surface area contributed by atoms with E-state index in [1.54, 1.807) is 4.90 Å². The van der Waals surface area contributed by atoms with Gasteiger partial charge in [-0.05, 0) is 41.5 Å². The minimum atomic E-state index is -0.487. The van der Waals surface area contributed by atoms with E-state index in [-0.39, 0.29) is 17.7 Å². The molecule has 25 heavy (non-hydrogen) atoms. The molecular formula is C18H30N4O3. The predicted octanol–water partition coefficient (Wildman–Crippen LogP) is 2.29. The number of carbonyl (C=O) groups excluding carboxylic acids is 1. The van der Waals surface area contributed by atoms with Gasteiger partial charge in [0.05, 0.1) is 37.5 Å². The van der Waals surface area contributed by atoms with Crippen LogP contribution in [-0.2, 0) is 15.0 Å². The van der Waals surface area contributed by atoms with Gasteiger partial charge in [0.25, 0.3) is 0 Å².